The van der Waals surface area contributed by atoms with Gasteiger partial charge in [0, 0.05) is 5.03 Å². The maximum atomic E-state index is 6.34. The minimum absolute atomic E-state index is 0.992. The van der Waals surface area contributed by atoms with Crippen LogP contribution in [0.25, 0.3) is 5.57 Å². The van der Waals surface area contributed by atoms with Crippen molar-refractivity contribution in [2.45, 2.75) is 39.5 Å². The molecule has 15 heavy (non-hydrogen) atoms. The largest absolute Gasteiger partial charge is 0.0888 e. The third-order valence-electron chi connectivity index (χ3n) is 2.42. The fourth-order valence-electron chi connectivity index (χ4n) is 1.70. The van der Waals surface area contributed by atoms with Crippen LogP contribution in [0.15, 0.2) is 35.4 Å². The van der Waals surface area contributed by atoms with E-state index < -0.39 is 0 Å². The number of benzene rings is 1. The summed E-state index contributed by atoms with van der Waals surface area (Å²) in [5, 5.41) is 1.03. The second kappa shape index (κ2) is 6.68. The fourth-order valence-corrected chi connectivity index (χ4v) is 2.09. The van der Waals surface area contributed by atoms with Crippen molar-refractivity contribution in [1.82, 2.24) is 0 Å². The van der Waals surface area contributed by atoms with E-state index in [1.54, 1.807) is 0 Å². The smallest absolute Gasteiger partial charge is 0.0218 e. The highest BCUT2D eigenvalue weighted by molar-refractivity contribution is 6.32. The van der Waals surface area contributed by atoms with Crippen molar-refractivity contribution >= 4 is 17.2 Å². The van der Waals surface area contributed by atoms with Crippen molar-refractivity contribution in [3.63, 3.8) is 0 Å². The van der Waals surface area contributed by atoms with Gasteiger partial charge in [-0.05, 0) is 24.0 Å². The Bertz CT molecular complexity index is 311. The van der Waals surface area contributed by atoms with E-state index in [-0.39, 0.29) is 0 Å². The van der Waals surface area contributed by atoms with Crippen LogP contribution in [0.3, 0.4) is 0 Å². The van der Waals surface area contributed by atoms with E-state index in [1.807, 2.05) is 6.07 Å². The molecule has 0 nitrogen and oxygen atoms in total. The van der Waals surface area contributed by atoms with Gasteiger partial charge < -0.3 is 0 Å². The van der Waals surface area contributed by atoms with Crippen LogP contribution < -0.4 is 0 Å². The van der Waals surface area contributed by atoms with Gasteiger partial charge in [0.2, 0.25) is 0 Å². The topological polar surface area (TPSA) is 0 Å². The SMILES string of the molecule is CCCC(Cl)=C(CCC)c1ccccc1. The van der Waals surface area contributed by atoms with E-state index in [0.29, 0.717) is 0 Å². The van der Waals surface area contributed by atoms with Gasteiger partial charge in [0.1, 0.15) is 0 Å². The average Bonchev–Trinajstić information content (AvgIpc) is 2.27. The molecular weight excluding hydrogens is 204 g/mol. The van der Waals surface area contributed by atoms with Gasteiger partial charge in [-0.15, -0.1) is 0 Å². The van der Waals surface area contributed by atoms with E-state index in [4.69, 9.17) is 11.6 Å². The molecule has 0 radical (unpaired) electrons. The Balaban J connectivity index is 2.97. The second-order valence-electron chi connectivity index (χ2n) is 3.75. The van der Waals surface area contributed by atoms with Crippen LogP contribution in [-0.4, -0.2) is 0 Å². The van der Waals surface area contributed by atoms with Crippen molar-refractivity contribution < 1.29 is 0 Å². The predicted octanol–water partition coefficient (Wildman–Crippen LogP) is 5.24. The van der Waals surface area contributed by atoms with Crippen LogP contribution in [0.1, 0.15) is 45.1 Å². The first-order valence-corrected chi connectivity index (χ1v) is 6.10. The second-order valence-corrected chi connectivity index (χ2v) is 4.21. The van der Waals surface area contributed by atoms with E-state index in [9.17, 15) is 0 Å². The lowest BCUT2D eigenvalue weighted by Crippen LogP contribution is -1.88. The Hall–Kier alpha value is -0.750. The molecule has 0 atom stereocenters. The number of allylic oxidation sites excluding steroid dienone is 2. The van der Waals surface area contributed by atoms with E-state index in [1.165, 1.54) is 11.1 Å². The van der Waals surface area contributed by atoms with E-state index in [0.717, 1.165) is 30.7 Å². The zero-order valence-corrected chi connectivity index (χ0v) is 10.3. The molecule has 1 heteroatoms. The van der Waals surface area contributed by atoms with Gasteiger partial charge in [0.05, 0.1) is 0 Å². The summed E-state index contributed by atoms with van der Waals surface area (Å²) in [5.74, 6) is 0. The van der Waals surface area contributed by atoms with Crippen LogP contribution in [0, 0.1) is 0 Å². The summed E-state index contributed by atoms with van der Waals surface area (Å²) in [6.45, 7) is 4.36. The molecule has 0 spiro atoms. The highest BCUT2D eigenvalue weighted by Gasteiger charge is 2.05. The lowest BCUT2D eigenvalue weighted by atomic mass is 10.00. The highest BCUT2D eigenvalue weighted by atomic mass is 35.5. The normalized spacial score (nSPS) is 12.5. The van der Waals surface area contributed by atoms with Gasteiger partial charge in [-0.2, -0.15) is 0 Å². The molecule has 0 N–H and O–H groups in total. The number of halogens is 1. The molecule has 0 unspecified atom stereocenters. The molecule has 0 fully saturated rings. The molecule has 0 saturated heterocycles. The summed E-state index contributed by atoms with van der Waals surface area (Å²) < 4.78 is 0. The van der Waals surface area contributed by atoms with Crippen LogP contribution >= 0.6 is 11.6 Å². The highest BCUT2D eigenvalue weighted by Crippen LogP contribution is 2.28. The predicted molar refractivity (Wildman–Crippen MR) is 69.0 cm³/mol. The van der Waals surface area contributed by atoms with E-state index in [2.05, 4.69) is 38.1 Å². The van der Waals surface area contributed by atoms with Gasteiger partial charge in [-0.25, -0.2) is 0 Å². The van der Waals surface area contributed by atoms with Crippen molar-refractivity contribution in [1.29, 1.82) is 0 Å². The lowest BCUT2D eigenvalue weighted by molar-refractivity contribution is 0.921. The summed E-state index contributed by atoms with van der Waals surface area (Å²) >= 11 is 6.34. The Morgan fingerprint density at radius 1 is 1.00 bits per heavy atom. The van der Waals surface area contributed by atoms with Crippen LogP contribution in [0.4, 0.5) is 0 Å². The van der Waals surface area contributed by atoms with Crippen LogP contribution in [0.5, 0.6) is 0 Å². The molecule has 0 aliphatic heterocycles. The molecule has 0 aromatic heterocycles. The van der Waals surface area contributed by atoms with E-state index >= 15 is 0 Å². The van der Waals surface area contributed by atoms with Crippen molar-refractivity contribution in [2.24, 2.45) is 0 Å². The van der Waals surface area contributed by atoms with Gasteiger partial charge in [0.25, 0.3) is 0 Å². The zero-order valence-electron chi connectivity index (χ0n) is 9.59. The van der Waals surface area contributed by atoms with Gasteiger partial charge in [-0.3, -0.25) is 0 Å². The van der Waals surface area contributed by atoms with Crippen molar-refractivity contribution in [2.75, 3.05) is 0 Å². The van der Waals surface area contributed by atoms with Gasteiger partial charge in [0.15, 0.2) is 0 Å². The van der Waals surface area contributed by atoms with Crippen molar-refractivity contribution in [3.05, 3.63) is 40.9 Å². The van der Waals surface area contributed by atoms with Crippen molar-refractivity contribution in [3.8, 4) is 0 Å². The molecule has 0 aliphatic rings. The molecule has 0 saturated carbocycles. The number of hydrogen-bond donors (Lipinski definition) is 0. The summed E-state index contributed by atoms with van der Waals surface area (Å²) in [4.78, 5) is 0. The lowest BCUT2D eigenvalue weighted by Gasteiger charge is -2.09. The first-order chi connectivity index (χ1) is 7.29. The first-order valence-electron chi connectivity index (χ1n) is 5.72. The standard InChI is InChI=1S/C14H19Cl/c1-3-8-13(14(15)9-4-2)12-10-6-5-7-11-12/h5-7,10-11H,3-4,8-9H2,1-2H3. The monoisotopic (exact) mass is 222 g/mol. The molecule has 0 heterocycles. The zero-order chi connectivity index (χ0) is 11.1. The molecule has 0 aliphatic carbocycles. The summed E-state index contributed by atoms with van der Waals surface area (Å²) in [7, 11) is 0. The molecule has 1 rings (SSSR count). The molecule has 1 aromatic carbocycles. The first kappa shape index (κ1) is 12.3. The van der Waals surface area contributed by atoms with Crippen LogP contribution in [0.2, 0.25) is 0 Å². The molecule has 0 amide bonds. The Morgan fingerprint density at radius 2 is 1.60 bits per heavy atom. The Morgan fingerprint density at radius 3 is 2.13 bits per heavy atom. The average molecular weight is 223 g/mol. The third-order valence-corrected chi connectivity index (χ3v) is 2.84. The number of rotatable bonds is 5. The summed E-state index contributed by atoms with van der Waals surface area (Å²) in [6.07, 6.45) is 4.32. The molecule has 82 valence electrons. The quantitative estimate of drug-likeness (QED) is 0.640. The third kappa shape index (κ3) is 3.71. The van der Waals surface area contributed by atoms with Gasteiger partial charge in [-0.1, -0.05) is 68.6 Å². The van der Waals surface area contributed by atoms with Crippen LogP contribution in [-0.2, 0) is 0 Å². The minimum Gasteiger partial charge on any atom is -0.0888 e. The number of hydrogen-bond acceptors (Lipinski definition) is 0. The molecule has 1 aromatic rings. The maximum absolute atomic E-state index is 6.34. The Labute approximate surface area is 98.0 Å². The minimum atomic E-state index is 0.992. The fraction of sp³-hybridized carbons (Fsp3) is 0.429. The summed E-state index contributed by atoms with van der Waals surface area (Å²) in [5.41, 5.74) is 2.60. The Kier molecular flexibility index (Phi) is 5.49. The summed E-state index contributed by atoms with van der Waals surface area (Å²) in [6, 6.07) is 10.5. The van der Waals surface area contributed by atoms with Gasteiger partial charge >= 0.3 is 0 Å². The molecular formula is C14H19Cl. The molecule has 0 bridgehead atoms. The maximum Gasteiger partial charge on any atom is 0.0218 e.